The maximum atomic E-state index is 11.9. The van der Waals surface area contributed by atoms with Crippen LogP contribution in [0.5, 0.6) is 5.75 Å². The van der Waals surface area contributed by atoms with Gasteiger partial charge in [0.1, 0.15) is 5.75 Å². The van der Waals surface area contributed by atoms with Crippen LogP contribution in [0.2, 0.25) is 0 Å². The number of hydrogen-bond donors (Lipinski definition) is 2. The van der Waals surface area contributed by atoms with E-state index in [4.69, 9.17) is 0 Å². The number of nitrogens with zero attached hydrogens (tertiary/aromatic N) is 2. The van der Waals surface area contributed by atoms with Crippen LogP contribution in [0, 0.1) is 0 Å². The summed E-state index contributed by atoms with van der Waals surface area (Å²) in [6, 6.07) is 6.95. The van der Waals surface area contributed by atoms with E-state index in [1.54, 1.807) is 30.6 Å². The smallest absolute Gasteiger partial charge is 0.220 e. The van der Waals surface area contributed by atoms with Crippen molar-refractivity contribution in [2.45, 2.75) is 32.7 Å². The lowest BCUT2D eigenvalue weighted by atomic mass is 10.1. The van der Waals surface area contributed by atoms with Crippen molar-refractivity contribution in [1.29, 1.82) is 0 Å². The highest BCUT2D eigenvalue weighted by molar-refractivity contribution is 5.76. The Hall–Kier alpha value is -2.43. The van der Waals surface area contributed by atoms with Gasteiger partial charge in [-0.15, -0.1) is 0 Å². The Morgan fingerprint density at radius 2 is 2.00 bits per heavy atom. The van der Waals surface area contributed by atoms with Crippen LogP contribution in [0.25, 0.3) is 0 Å². The summed E-state index contributed by atoms with van der Waals surface area (Å²) >= 11 is 0. The molecule has 0 saturated heterocycles. The summed E-state index contributed by atoms with van der Waals surface area (Å²) < 4.78 is 0. The van der Waals surface area contributed by atoms with Crippen molar-refractivity contribution >= 4 is 5.91 Å². The lowest BCUT2D eigenvalue weighted by Gasteiger charge is -2.07. The van der Waals surface area contributed by atoms with Gasteiger partial charge in [0.2, 0.25) is 5.91 Å². The number of carbonyl (C=O) groups excluding carboxylic acids is 1. The van der Waals surface area contributed by atoms with Crippen LogP contribution >= 0.6 is 0 Å². The van der Waals surface area contributed by atoms with Crippen molar-refractivity contribution in [1.82, 2.24) is 15.3 Å². The fraction of sp³-hybridized carbons (Fsp3) is 0.312. The minimum absolute atomic E-state index is 0.0361. The van der Waals surface area contributed by atoms with Gasteiger partial charge in [0.15, 0.2) is 0 Å². The van der Waals surface area contributed by atoms with Crippen molar-refractivity contribution in [2.75, 3.05) is 0 Å². The average molecular weight is 285 g/mol. The molecular weight excluding hydrogens is 266 g/mol. The number of carbonyl (C=O) groups is 1. The first kappa shape index (κ1) is 15.0. The predicted octanol–water partition coefficient (Wildman–Crippen LogP) is 1.99. The van der Waals surface area contributed by atoms with Gasteiger partial charge in [-0.1, -0.05) is 19.1 Å². The molecular formula is C16H19N3O2. The molecule has 5 heteroatoms. The number of hydrogen-bond acceptors (Lipinski definition) is 4. The number of aryl methyl sites for hydroxylation is 2. The monoisotopic (exact) mass is 285 g/mol. The highest BCUT2D eigenvalue weighted by Gasteiger charge is 2.06. The molecule has 5 nitrogen and oxygen atoms in total. The van der Waals surface area contributed by atoms with E-state index in [1.165, 1.54) is 0 Å². The molecule has 21 heavy (non-hydrogen) atoms. The van der Waals surface area contributed by atoms with Crippen molar-refractivity contribution in [3.63, 3.8) is 0 Å². The van der Waals surface area contributed by atoms with Gasteiger partial charge in [0.05, 0.1) is 17.9 Å². The van der Waals surface area contributed by atoms with E-state index in [1.807, 2.05) is 13.0 Å². The number of phenolic OH excluding ortho intramolecular Hbond substituents is 1. The number of amides is 1. The maximum Gasteiger partial charge on any atom is 0.220 e. The maximum absolute atomic E-state index is 11.9. The molecule has 0 spiro atoms. The second-order valence-electron chi connectivity index (χ2n) is 4.75. The topological polar surface area (TPSA) is 75.1 Å². The molecule has 2 N–H and O–H groups in total. The van der Waals surface area contributed by atoms with Crippen LogP contribution in [-0.4, -0.2) is 21.0 Å². The summed E-state index contributed by atoms with van der Waals surface area (Å²) in [5.74, 6) is 0.186. The number of nitrogens with one attached hydrogen (secondary N) is 1. The highest BCUT2D eigenvalue weighted by atomic mass is 16.3. The molecule has 0 unspecified atom stereocenters. The molecule has 2 rings (SSSR count). The van der Waals surface area contributed by atoms with E-state index in [2.05, 4.69) is 15.3 Å². The van der Waals surface area contributed by atoms with Crippen LogP contribution in [0.3, 0.4) is 0 Å². The zero-order valence-electron chi connectivity index (χ0n) is 12.0. The number of aromatic hydroxyl groups is 1. The van der Waals surface area contributed by atoms with Crippen LogP contribution < -0.4 is 5.32 Å². The van der Waals surface area contributed by atoms with Crippen LogP contribution in [-0.2, 0) is 24.2 Å². The Bertz CT molecular complexity index is 614. The summed E-state index contributed by atoms with van der Waals surface area (Å²) in [6.07, 6.45) is 5.06. The summed E-state index contributed by atoms with van der Waals surface area (Å²) in [7, 11) is 0. The molecule has 110 valence electrons. The van der Waals surface area contributed by atoms with Crippen LogP contribution in [0.15, 0.2) is 36.7 Å². The minimum Gasteiger partial charge on any atom is -0.508 e. The van der Waals surface area contributed by atoms with E-state index >= 15 is 0 Å². The fourth-order valence-electron chi connectivity index (χ4n) is 2.08. The minimum atomic E-state index is -0.0361. The number of benzene rings is 1. The third-order valence-electron chi connectivity index (χ3n) is 3.20. The highest BCUT2D eigenvalue weighted by Crippen LogP contribution is 2.12. The quantitative estimate of drug-likeness (QED) is 0.851. The summed E-state index contributed by atoms with van der Waals surface area (Å²) in [6.45, 7) is 2.41. The van der Waals surface area contributed by atoms with E-state index in [0.717, 1.165) is 23.4 Å². The van der Waals surface area contributed by atoms with Gasteiger partial charge in [0.25, 0.3) is 0 Å². The number of phenols is 1. The second-order valence-corrected chi connectivity index (χ2v) is 4.75. The van der Waals surface area contributed by atoms with E-state index in [0.29, 0.717) is 19.4 Å². The van der Waals surface area contributed by atoms with Gasteiger partial charge in [-0.05, 0) is 30.5 Å². The SMILES string of the molecule is CCc1nccnc1CNC(=O)CCc1cccc(O)c1. The van der Waals surface area contributed by atoms with Crippen molar-refractivity contribution < 1.29 is 9.90 Å². The Labute approximate surface area is 124 Å². The van der Waals surface area contributed by atoms with E-state index < -0.39 is 0 Å². The standard InChI is InChI=1S/C16H19N3O2/c1-2-14-15(18-9-8-17-14)11-19-16(21)7-6-12-4-3-5-13(20)10-12/h3-5,8-10,20H,2,6-7,11H2,1H3,(H,19,21). The zero-order chi connectivity index (χ0) is 15.1. The molecule has 1 amide bonds. The first-order valence-electron chi connectivity index (χ1n) is 7.02. The molecule has 0 saturated carbocycles. The van der Waals surface area contributed by atoms with Crippen LogP contribution in [0.4, 0.5) is 0 Å². The molecule has 1 aromatic heterocycles. The first-order chi connectivity index (χ1) is 10.2. The van der Waals surface area contributed by atoms with Crippen molar-refractivity contribution in [2.24, 2.45) is 0 Å². The van der Waals surface area contributed by atoms with Gasteiger partial charge in [0, 0.05) is 18.8 Å². The number of aromatic nitrogens is 2. The third-order valence-corrected chi connectivity index (χ3v) is 3.20. The molecule has 0 aliphatic carbocycles. The Morgan fingerprint density at radius 1 is 1.24 bits per heavy atom. The van der Waals surface area contributed by atoms with E-state index in [-0.39, 0.29) is 11.7 Å². The van der Waals surface area contributed by atoms with Gasteiger partial charge < -0.3 is 10.4 Å². The molecule has 1 heterocycles. The molecule has 0 atom stereocenters. The average Bonchev–Trinajstić information content (AvgIpc) is 2.51. The Balaban J connectivity index is 1.82. The van der Waals surface area contributed by atoms with Crippen molar-refractivity contribution in [3.8, 4) is 5.75 Å². The normalized spacial score (nSPS) is 10.3. The number of rotatable bonds is 6. The summed E-state index contributed by atoms with van der Waals surface area (Å²) in [5.41, 5.74) is 2.66. The van der Waals surface area contributed by atoms with Crippen LogP contribution in [0.1, 0.15) is 30.3 Å². The molecule has 1 aromatic carbocycles. The second kappa shape index (κ2) is 7.38. The Kier molecular flexibility index (Phi) is 5.26. The molecule has 0 aliphatic heterocycles. The largest absolute Gasteiger partial charge is 0.508 e. The van der Waals surface area contributed by atoms with Gasteiger partial charge in [-0.2, -0.15) is 0 Å². The zero-order valence-corrected chi connectivity index (χ0v) is 12.0. The lowest BCUT2D eigenvalue weighted by molar-refractivity contribution is -0.121. The molecule has 0 aliphatic rings. The summed E-state index contributed by atoms with van der Waals surface area (Å²) in [4.78, 5) is 20.3. The van der Waals surface area contributed by atoms with E-state index in [9.17, 15) is 9.90 Å². The van der Waals surface area contributed by atoms with Crippen molar-refractivity contribution in [3.05, 3.63) is 53.6 Å². The Morgan fingerprint density at radius 3 is 2.71 bits per heavy atom. The first-order valence-corrected chi connectivity index (χ1v) is 7.02. The van der Waals surface area contributed by atoms with Gasteiger partial charge >= 0.3 is 0 Å². The fourth-order valence-corrected chi connectivity index (χ4v) is 2.08. The van der Waals surface area contributed by atoms with Gasteiger partial charge in [-0.25, -0.2) is 0 Å². The lowest BCUT2D eigenvalue weighted by Crippen LogP contribution is -2.24. The molecule has 2 aromatic rings. The molecule has 0 fully saturated rings. The summed E-state index contributed by atoms with van der Waals surface area (Å²) in [5, 5.41) is 12.2. The third kappa shape index (κ3) is 4.56. The molecule has 0 bridgehead atoms. The van der Waals surface area contributed by atoms with Gasteiger partial charge in [-0.3, -0.25) is 14.8 Å². The predicted molar refractivity (Wildman–Crippen MR) is 79.7 cm³/mol. The molecule has 0 radical (unpaired) electrons.